The second kappa shape index (κ2) is 9.25. The number of halogens is 1. The summed E-state index contributed by atoms with van der Waals surface area (Å²) in [6.07, 6.45) is 1.51. The summed E-state index contributed by atoms with van der Waals surface area (Å²) in [7, 11) is 1.91. The van der Waals surface area contributed by atoms with Crippen LogP contribution in [-0.2, 0) is 4.79 Å². The number of benzene rings is 1. The predicted molar refractivity (Wildman–Crippen MR) is 78.3 cm³/mol. The average molecular weight is 287 g/mol. The largest absolute Gasteiger partial charge is 0.356 e. The van der Waals surface area contributed by atoms with Gasteiger partial charge in [-0.15, -0.1) is 11.8 Å². The van der Waals surface area contributed by atoms with Crippen molar-refractivity contribution in [3.8, 4) is 0 Å². The Morgan fingerprint density at radius 3 is 2.67 bits per heavy atom. The van der Waals surface area contributed by atoms with Crippen molar-refractivity contribution < 1.29 is 4.79 Å². The lowest BCUT2D eigenvalue weighted by molar-refractivity contribution is -0.120. The summed E-state index contributed by atoms with van der Waals surface area (Å²) in [6.45, 7) is 1.67. The van der Waals surface area contributed by atoms with Crippen LogP contribution in [0.15, 0.2) is 29.2 Å². The van der Waals surface area contributed by atoms with Crippen LogP contribution < -0.4 is 10.6 Å². The normalized spacial score (nSPS) is 10.3. The van der Waals surface area contributed by atoms with Crippen molar-refractivity contribution >= 4 is 29.3 Å². The van der Waals surface area contributed by atoms with Crippen LogP contribution in [0.4, 0.5) is 0 Å². The topological polar surface area (TPSA) is 41.1 Å². The Morgan fingerprint density at radius 2 is 2.00 bits per heavy atom. The number of amides is 1. The molecule has 0 unspecified atom stereocenters. The summed E-state index contributed by atoms with van der Waals surface area (Å²) in [6, 6.07) is 7.67. The monoisotopic (exact) mass is 286 g/mol. The smallest absolute Gasteiger partial charge is 0.220 e. The molecule has 0 bridgehead atoms. The van der Waals surface area contributed by atoms with Gasteiger partial charge in [0.05, 0.1) is 0 Å². The highest BCUT2D eigenvalue weighted by Crippen LogP contribution is 2.20. The zero-order valence-corrected chi connectivity index (χ0v) is 12.1. The van der Waals surface area contributed by atoms with E-state index < -0.39 is 0 Å². The zero-order chi connectivity index (χ0) is 13.2. The summed E-state index contributed by atoms with van der Waals surface area (Å²) in [5.74, 6) is 0.909. The first-order valence-corrected chi connectivity index (χ1v) is 7.38. The quantitative estimate of drug-likeness (QED) is 0.570. The van der Waals surface area contributed by atoms with E-state index >= 15 is 0 Å². The van der Waals surface area contributed by atoms with Gasteiger partial charge in [0, 0.05) is 28.6 Å². The maximum Gasteiger partial charge on any atom is 0.220 e. The molecule has 100 valence electrons. The lowest BCUT2D eigenvalue weighted by Gasteiger charge is -2.05. The van der Waals surface area contributed by atoms with Crippen molar-refractivity contribution in [1.82, 2.24) is 10.6 Å². The van der Waals surface area contributed by atoms with Gasteiger partial charge in [0.15, 0.2) is 0 Å². The molecule has 0 spiro atoms. The van der Waals surface area contributed by atoms with E-state index in [9.17, 15) is 4.79 Å². The molecule has 0 saturated heterocycles. The van der Waals surface area contributed by atoms with Crippen LogP contribution >= 0.6 is 23.4 Å². The molecule has 0 aliphatic rings. The van der Waals surface area contributed by atoms with Gasteiger partial charge in [0.25, 0.3) is 0 Å². The van der Waals surface area contributed by atoms with Crippen LogP contribution in [0.5, 0.6) is 0 Å². The van der Waals surface area contributed by atoms with Gasteiger partial charge in [-0.3, -0.25) is 4.79 Å². The molecule has 0 fully saturated rings. The van der Waals surface area contributed by atoms with Crippen LogP contribution in [0.2, 0.25) is 5.02 Å². The summed E-state index contributed by atoms with van der Waals surface area (Å²) in [5, 5.41) is 6.68. The maximum absolute atomic E-state index is 11.5. The molecule has 1 amide bonds. The third kappa shape index (κ3) is 6.89. The summed E-state index contributed by atoms with van der Waals surface area (Å²) < 4.78 is 0. The Balaban J connectivity index is 2.10. The molecule has 0 heterocycles. The third-order valence-corrected chi connectivity index (χ3v) is 3.60. The molecule has 2 N–H and O–H groups in total. The van der Waals surface area contributed by atoms with Crippen LogP contribution in [0.1, 0.15) is 12.8 Å². The van der Waals surface area contributed by atoms with E-state index in [1.54, 1.807) is 11.8 Å². The lowest BCUT2D eigenvalue weighted by atomic mass is 10.4. The molecule has 18 heavy (non-hydrogen) atoms. The van der Waals surface area contributed by atoms with E-state index in [1.807, 2.05) is 31.3 Å². The van der Waals surface area contributed by atoms with Crippen LogP contribution in [0, 0.1) is 0 Å². The van der Waals surface area contributed by atoms with E-state index in [-0.39, 0.29) is 5.91 Å². The van der Waals surface area contributed by atoms with E-state index in [4.69, 9.17) is 11.6 Å². The van der Waals surface area contributed by atoms with Crippen molar-refractivity contribution in [2.24, 2.45) is 0 Å². The Kier molecular flexibility index (Phi) is 7.89. The van der Waals surface area contributed by atoms with E-state index in [1.165, 1.54) is 0 Å². The minimum absolute atomic E-state index is 0.118. The molecule has 0 saturated carbocycles. The van der Waals surface area contributed by atoms with Gasteiger partial charge in [-0.1, -0.05) is 11.6 Å². The number of rotatable bonds is 8. The fourth-order valence-electron chi connectivity index (χ4n) is 1.37. The summed E-state index contributed by atoms with van der Waals surface area (Å²) >= 11 is 7.47. The van der Waals surface area contributed by atoms with Crippen LogP contribution in [0.25, 0.3) is 0 Å². The first-order chi connectivity index (χ1) is 8.72. The van der Waals surface area contributed by atoms with Gasteiger partial charge in [0.1, 0.15) is 0 Å². The summed E-state index contributed by atoms with van der Waals surface area (Å²) in [4.78, 5) is 12.6. The molecule has 0 aromatic heterocycles. The molecule has 0 aliphatic carbocycles. The van der Waals surface area contributed by atoms with Crippen LogP contribution in [0.3, 0.4) is 0 Å². The van der Waals surface area contributed by atoms with Crippen molar-refractivity contribution in [2.75, 3.05) is 25.9 Å². The number of nitrogens with one attached hydrogen (secondary N) is 2. The fourth-order valence-corrected chi connectivity index (χ4v) is 2.35. The second-order valence-corrected chi connectivity index (χ2v) is 5.46. The minimum atomic E-state index is 0.118. The molecule has 0 aliphatic heterocycles. The van der Waals surface area contributed by atoms with Gasteiger partial charge < -0.3 is 10.6 Å². The molecule has 1 aromatic carbocycles. The molecular weight excluding hydrogens is 268 g/mol. The highest BCUT2D eigenvalue weighted by Gasteiger charge is 2.01. The number of carbonyl (C=O) groups excluding carboxylic acids is 1. The number of carbonyl (C=O) groups is 1. The Bertz CT molecular complexity index is 357. The Hall–Kier alpha value is -0.710. The molecule has 0 atom stereocenters. The summed E-state index contributed by atoms with van der Waals surface area (Å²) in [5.41, 5.74) is 0. The highest BCUT2D eigenvalue weighted by atomic mass is 35.5. The van der Waals surface area contributed by atoms with Crippen LogP contribution in [-0.4, -0.2) is 31.8 Å². The standard InChI is InChI=1S/C13H19ClN2OS/c1-15-8-2-9-16-13(17)7-10-18-12-5-3-11(14)4-6-12/h3-6,15H,2,7-10H2,1H3,(H,16,17). The Labute approximate surface area is 118 Å². The molecule has 1 aromatic rings. The predicted octanol–water partition coefficient (Wildman–Crippen LogP) is 2.55. The van der Waals surface area contributed by atoms with E-state index in [0.29, 0.717) is 6.42 Å². The van der Waals surface area contributed by atoms with Crippen molar-refractivity contribution in [1.29, 1.82) is 0 Å². The lowest BCUT2D eigenvalue weighted by Crippen LogP contribution is -2.26. The van der Waals surface area contributed by atoms with Gasteiger partial charge in [-0.25, -0.2) is 0 Å². The fraction of sp³-hybridized carbons (Fsp3) is 0.462. The minimum Gasteiger partial charge on any atom is -0.356 e. The van der Waals surface area contributed by atoms with Crippen molar-refractivity contribution in [2.45, 2.75) is 17.7 Å². The first kappa shape index (κ1) is 15.3. The number of hydrogen-bond donors (Lipinski definition) is 2. The first-order valence-electron chi connectivity index (χ1n) is 6.02. The molecule has 5 heteroatoms. The molecule has 3 nitrogen and oxygen atoms in total. The SMILES string of the molecule is CNCCCNC(=O)CCSc1ccc(Cl)cc1. The maximum atomic E-state index is 11.5. The highest BCUT2D eigenvalue weighted by molar-refractivity contribution is 7.99. The van der Waals surface area contributed by atoms with Crippen molar-refractivity contribution in [3.63, 3.8) is 0 Å². The van der Waals surface area contributed by atoms with Crippen molar-refractivity contribution in [3.05, 3.63) is 29.3 Å². The molecule has 1 rings (SSSR count). The number of hydrogen-bond acceptors (Lipinski definition) is 3. The van der Waals surface area contributed by atoms with Gasteiger partial charge in [-0.2, -0.15) is 0 Å². The van der Waals surface area contributed by atoms with Gasteiger partial charge >= 0.3 is 0 Å². The second-order valence-electron chi connectivity index (χ2n) is 3.86. The zero-order valence-electron chi connectivity index (χ0n) is 10.5. The molecular formula is C13H19ClN2OS. The molecule has 0 radical (unpaired) electrons. The number of thioether (sulfide) groups is 1. The Morgan fingerprint density at radius 1 is 1.28 bits per heavy atom. The van der Waals surface area contributed by atoms with E-state index in [0.717, 1.165) is 35.2 Å². The third-order valence-electron chi connectivity index (χ3n) is 2.34. The van der Waals surface area contributed by atoms with Gasteiger partial charge in [-0.05, 0) is 44.3 Å². The van der Waals surface area contributed by atoms with E-state index in [2.05, 4.69) is 10.6 Å². The van der Waals surface area contributed by atoms with Gasteiger partial charge in [0.2, 0.25) is 5.91 Å². The average Bonchev–Trinajstić information content (AvgIpc) is 2.37.